The van der Waals surface area contributed by atoms with Crippen LogP contribution in [0.2, 0.25) is 0 Å². The van der Waals surface area contributed by atoms with Crippen molar-refractivity contribution in [3.63, 3.8) is 0 Å². The van der Waals surface area contributed by atoms with Crippen LogP contribution in [0.15, 0.2) is 18.2 Å². The summed E-state index contributed by atoms with van der Waals surface area (Å²) in [6, 6.07) is 5.67. The highest BCUT2D eigenvalue weighted by Gasteiger charge is 2.24. The Balaban J connectivity index is 2.95. The fourth-order valence-electron chi connectivity index (χ4n) is 2.42. The zero-order valence-electron chi connectivity index (χ0n) is 15.8. The first-order chi connectivity index (χ1) is 11.5. The number of thioether (sulfide) groups is 1. The first kappa shape index (κ1) is 21.2. The lowest BCUT2D eigenvalue weighted by molar-refractivity contribution is -0.139. The number of para-hydroxylation sites is 1. The quantitative estimate of drug-likeness (QED) is 0.722. The lowest BCUT2D eigenvalue weighted by Crippen LogP contribution is -2.38. The highest BCUT2D eigenvalue weighted by Crippen LogP contribution is 2.27. The normalized spacial score (nSPS) is 11.1. The fourth-order valence-corrected chi connectivity index (χ4v) is 3.40. The molecule has 0 unspecified atom stereocenters. The molecule has 1 aromatic rings. The Morgan fingerprint density at radius 3 is 2.16 bits per heavy atom. The second kappa shape index (κ2) is 9.04. The molecule has 1 amide bonds. The van der Waals surface area contributed by atoms with Gasteiger partial charge in [0.1, 0.15) is 6.54 Å². The Kier molecular flexibility index (Phi) is 7.67. The summed E-state index contributed by atoms with van der Waals surface area (Å²) >= 11 is 0.999. The van der Waals surface area contributed by atoms with Crippen LogP contribution in [0.5, 0.6) is 0 Å². The van der Waals surface area contributed by atoms with E-state index in [-0.39, 0.29) is 28.7 Å². The van der Waals surface area contributed by atoms with Crippen LogP contribution in [-0.2, 0) is 19.1 Å². The molecule has 0 saturated carbocycles. The van der Waals surface area contributed by atoms with Crippen LogP contribution in [0.1, 0.15) is 38.3 Å². The summed E-state index contributed by atoms with van der Waals surface area (Å²) < 4.78 is 4.72. The summed E-state index contributed by atoms with van der Waals surface area (Å²) in [6.45, 7) is 9.54. The Morgan fingerprint density at radius 1 is 1.12 bits per heavy atom. The van der Waals surface area contributed by atoms with Crippen LogP contribution < -0.4 is 4.90 Å². The minimum atomic E-state index is -0.498. The molecule has 0 saturated heterocycles. The molecule has 6 heteroatoms. The number of hydrogen-bond acceptors (Lipinski definition) is 5. The molecule has 0 bridgehead atoms. The third-order valence-electron chi connectivity index (χ3n) is 3.56. The summed E-state index contributed by atoms with van der Waals surface area (Å²) in [6.07, 6.45) is 0.394. The maximum absolute atomic E-state index is 12.7. The number of amides is 1. The van der Waals surface area contributed by atoms with Crippen LogP contribution in [0.4, 0.5) is 5.69 Å². The average molecular weight is 365 g/mol. The highest BCUT2D eigenvalue weighted by molar-refractivity contribution is 8.14. The van der Waals surface area contributed by atoms with Gasteiger partial charge in [-0.1, -0.05) is 50.7 Å². The number of hydrogen-bond donors (Lipinski definition) is 0. The van der Waals surface area contributed by atoms with Crippen molar-refractivity contribution in [2.45, 2.75) is 41.0 Å². The third kappa shape index (κ3) is 6.90. The molecule has 0 atom stereocenters. The molecule has 5 nitrogen and oxygen atoms in total. The van der Waals surface area contributed by atoms with Crippen molar-refractivity contribution in [2.75, 3.05) is 24.3 Å². The van der Waals surface area contributed by atoms with Gasteiger partial charge in [0.25, 0.3) is 0 Å². The number of esters is 1. The number of ether oxygens (including phenoxy) is 1. The van der Waals surface area contributed by atoms with Gasteiger partial charge in [-0.15, -0.1) is 0 Å². The van der Waals surface area contributed by atoms with E-state index in [0.29, 0.717) is 12.1 Å². The summed E-state index contributed by atoms with van der Waals surface area (Å²) in [5.41, 5.74) is 2.36. The van der Waals surface area contributed by atoms with Gasteiger partial charge in [0.05, 0.1) is 18.6 Å². The van der Waals surface area contributed by atoms with Crippen LogP contribution in [0.25, 0.3) is 0 Å². The van der Waals surface area contributed by atoms with Crippen molar-refractivity contribution in [2.24, 2.45) is 5.41 Å². The first-order valence-electron chi connectivity index (χ1n) is 8.14. The van der Waals surface area contributed by atoms with Crippen LogP contribution in [0.3, 0.4) is 0 Å². The monoisotopic (exact) mass is 365 g/mol. The molecule has 0 aliphatic rings. The van der Waals surface area contributed by atoms with E-state index in [1.54, 1.807) is 0 Å². The Morgan fingerprint density at radius 2 is 1.68 bits per heavy atom. The van der Waals surface area contributed by atoms with Gasteiger partial charge < -0.3 is 4.74 Å². The minimum absolute atomic E-state index is 0.000316. The largest absolute Gasteiger partial charge is 0.468 e. The van der Waals surface area contributed by atoms with E-state index in [2.05, 4.69) is 0 Å². The zero-order chi connectivity index (χ0) is 19.2. The standard InChI is InChI=1S/C19H27NO4S/c1-13-8-7-9-14(2)18(13)20(11-16(22)24-6)15(21)12-25-17(23)10-19(3,4)5/h7-9H,10-12H2,1-6H3. The van der Waals surface area contributed by atoms with Crippen molar-refractivity contribution in [1.82, 2.24) is 0 Å². The second-order valence-electron chi connectivity index (χ2n) is 7.19. The molecule has 1 rings (SSSR count). The number of anilines is 1. The van der Waals surface area contributed by atoms with Gasteiger partial charge in [-0.05, 0) is 30.4 Å². The number of carbonyl (C=O) groups is 3. The summed E-state index contributed by atoms with van der Waals surface area (Å²) in [5.74, 6) is -0.781. The van der Waals surface area contributed by atoms with Crippen molar-refractivity contribution in [3.05, 3.63) is 29.3 Å². The molecular weight excluding hydrogens is 338 g/mol. The molecule has 138 valence electrons. The number of rotatable bonds is 6. The smallest absolute Gasteiger partial charge is 0.325 e. The van der Waals surface area contributed by atoms with Crippen molar-refractivity contribution < 1.29 is 19.1 Å². The lowest BCUT2D eigenvalue weighted by atomic mass is 9.93. The number of carbonyl (C=O) groups excluding carboxylic acids is 3. The van der Waals surface area contributed by atoms with E-state index in [4.69, 9.17) is 4.74 Å². The fraction of sp³-hybridized carbons (Fsp3) is 0.526. The molecule has 0 aromatic heterocycles. The van der Waals surface area contributed by atoms with Gasteiger partial charge >= 0.3 is 5.97 Å². The first-order valence-corrected chi connectivity index (χ1v) is 9.12. The molecule has 0 aliphatic carbocycles. The Bertz CT molecular complexity index is 629. The SMILES string of the molecule is COC(=O)CN(C(=O)CSC(=O)CC(C)(C)C)c1c(C)cccc1C. The van der Waals surface area contributed by atoms with Gasteiger partial charge in [-0.3, -0.25) is 19.3 Å². The van der Waals surface area contributed by atoms with Crippen LogP contribution >= 0.6 is 11.8 Å². The minimum Gasteiger partial charge on any atom is -0.468 e. The van der Waals surface area contributed by atoms with Gasteiger partial charge in [0.2, 0.25) is 5.91 Å². The van der Waals surface area contributed by atoms with E-state index < -0.39 is 5.97 Å². The Labute approximate surface area is 154 Å². The van der Waals surface area contributed by atoms with Gasteiger partial charge in [-0.2, -0.15) is 0 Å². The predicted molar refractivity (Wildman–Crippen MR) is 102 cm³/mol. The third-order valence-corrected chi connectivity index (χ3v) is 4.41. The predicted octanol–water partition coefficient (Wildman–Crippen LogP) is 3.51. The highest BCUT2D eigenvalue weighted by atomic mass is 32.2. The van der Waals surface area contributed by atoms with Gasteiger partial charge in [0, 0.05) is 6.42 Å². The molecule has 0 N–H and O–H groups in total. The lowest BCUT2D eigenvalue weighted by Gasteiger charge is -2.25. The number of benzene rings is 1. The summed E-state index contributed by atoms with van der Waals surface area (Å²) in [5, 5.41) is -0.0274. The second-order valence-corrected chi connectivity index (χ2v) is 8.23. The zero-order valence-corrected chi connectivity index (χ0v) is 16.7. The molecule has 0 aliphatic heterocycles. The van der Waals surface area contributed by atoms with E-state index >= 15 is 0 Å². The molecule has 1 aromatic carbocycles. The summed E-state index contributed by atoms with van der Waals surface area (Å²) in [7, 11) is 1.29. The van der Waals surface area contributed by atoms with Crippen molar-refractivity contribution >= 4 is 34.4 Å². The molecular formula is C19H27NO4S. The molecule has 0 radical (unpaired) electrons. The topological polar surface area (TPSA) is 63.7 Å². The van der Waals surface area contributed by atoms with E-state index in [1.165, 1.54) is 12.0 Å². The number of methoxy groups -OCH3 is 1. The Hall–Kier alpha value is -1.82. The van der Waals surface area contributed by atoms with Crippen LogP contribution in [0, 0.1) is 19.3 Å². The number of nitrogens with zero attached hydrogens (tertiary/aromatic N) is 1. The van der Waals surface area contributed by atoms with Crippen molar-refractivity contribution in [3.8, 4) is 0 Å². The van der Waals surface area contributed by atoms with E-state index in [9.17, 15) is 14.4 Å². The van der Waals surface area contributed by atoms with Gasteiger partial charge in [0.15, 0.2) is 5.12 Å². The van der Waals surface area contributed by atoms with Crippen molar-refractivity contribution in [1.29, 1.82) is 0 Å². The van der Waals surface area contributed by atoms with Crippen LogP contribution in [-0.4, -0.2) is 36.4 Å². The average Bonchev–Trinajstić information content (AvgIpc) is 2.49. The maximum Gasteiger partial charge on any atom is 0.325 e. The molecule has 0 heterocycles. The van der Waals surface area contributed by atoms with E-state index in [1.807, 2.05) is 52.8 Å². The molecule has 0 fully saturated rings. The van der Waals surface area contributed by atoms with E-state index in [0.717, 1.165) is 22.9 Å². The molecule has 0 spiro atoms. The van der Waals surface area contributed by atoms with Gasteiger partial charge in [-0.25, -0.2) is 0 Å². The number of aryl methyl sites for hydroxylation is 2. The summed E-state index contributed by atoms with van der Waals surface area (Å²) in [4.78, 5) is 37.9. The maximum atomic E-state index is 12.7. The molecule has 25 heavy (non-hydrogen) atoms.